The quantitative estimate of drug-likeness (QED) is 0.172. The second-order valence-corrected chi connectivity index (χ2v) is 18.4. The highest BCUT2D eigenvalue weighted by Gasteiger charge is 2.58. The van der Waals surface area contributed by atoms with Crippen molar-refractivity contribution in [3.63, 3.8) is 0 Å². The molecule has 11 aromatic rings. The zero-order chi connectivity index (χ0) is 39.9. The van der Waals surface area contributed by atoms with E-state index >= 15 is 0 Å². The predicted octanol–water partition coefficient (Wildman–Crippen LogP) is 16.5. The minimum absolute atomic E-state index is 0.00347. The van der Waals surface area contributed by atoms with Gasteiger partial charge in [0.1, 0.15) is 0 Å². The maximum absolute atomic E-state index is 2.69. The fraction of sp³-hybridized carbons (Fsp3) is 0.153. The Morgan fingerprint density at radius 1 is 0.467 bits per heavy atom. The summed E-state index contributed by atoms with van der Waals surface area (Å²) in [5.41, 5.74) is 12.0. The molecule has 0 spiro atoms. The van der Waals surface area contributed by atoms with Crippen LogP contribution in [0, 0.1) is 5.92 Å². The van der Waals surface area contributed by atoms with Gasteiger partial charge in [0.25, 0.3) is 0 Å². The molecule has 0 bridgehead atoms. The normalized spacial score (nSPS) is 20.3. The fourth-order valence-electron chi connectivity index (χ4n) is 12.6. The molecule has 0 N–H and O–H groups in total. The van der Waals surface area contributed by atoms with Gasteiger partial charge in [-0.25, -0.2) is 0 Å². The number of hydrogen-bond acceptors (Lipinski definition) is 1. The molecule has 3 atom stereocenters. The SMILES string of the molecule is CC1CCC2(C)N(c3ccccc3)c3ccc(-c4ccc5c6c(-c7ccccc7)c7c8cccc9cccc(c7c(-c7ccccc7)c6c6cccc4c65)c98)cc3C2(C)C1. The highest BCUT2D eigenvalue weighted by atomic mass is 15.3. The van der Waals surface area contributed by atoms with Crippen molar-refractivity contribution in [2.45, 2.75) is 51.0 Å². The summed E-state index contributed by atoms with van der Waals surface area (Å²) in [5, 5.41) is 16.1. The van der Waals surface area contributed by atoms with E-state index in [1.54, 1.807) is 0 Å². The van der Waals surface area contributed by atoms with E-state index < -0.39 is 0 Å². The lowest BCUT2D eigenvalue weighted by Crippen LogP contribution is -2.56. The summed E-state index contributed by atoms with van der Waals surface area (Å²) in [6.45, 7) is 7.56. The van der Waals surface area contributed by atoms with Gasteiger partial charge in [0, 0.05) is 16.8 Å². The third kappa shape index (κ3) is 4.32. The van der Waals surface area contributed by atoms with Crippen LogP contribution in [0.2, 0.25) is 0 Å². The van der Waals surface area contributed by atoms with Crippen molar-refractivity contribution in [2.24, 2.45) is 5.92 Å². The van der Waals surface area contributed by atoms with Gasteiger partial charge in [0.2, 0.25) is 0 Å². The molecule has 1 aliphatic heterocycles. The van der Waals surface area contributed by atoms with Crippen molar-refractivity contribution in [3.05, 3.63) is 181 Å². The van der Waals surface area contributed by atoms with E-state index in [2.05, 4.69) is 202 Å². The van der Waals surface area contributed by atoms with Crippen LogP contribution < -0.4 is 4.90 Å². The van der Waals surface area contributed by atoms with Gasteiger partial charge >= 0.3 is 0 Å². The van der Waals surface area contributed by atoms with E-state index in [1.165, 1.54) is 134 Å². The Morgan fingerprint density at radius 2 is 1.00 bits per heavy atom. The van der Waals surface area contributed by atoms with Crippen molar-refractivity contribution >= 4 is 76.0 Å². The van der Waals surface area contributed by atoms with Crippen molar-refractivity contribution in [1.82, 2.24) is 0 Å². The molecule has 1 aliphatic carbocycles. The van der Waals surface area contributed by atoms with E-state index in [1.807, 2.05) is 0 Å². The molecule has 3 unspecified atom stereocenters. The first kappa shape index (κ1) is 34.2. The number of rotatable bonds is 4. The van der Waals surface area contributed by atoms with Gasteiger partial charge in [-0.15, -0.1) is 0 Å². The Bertz CT molecular complexity index is 3370. The number of nitrogens with zero attached hydrogens (tertiary/aromatic N) is 1. The molecule has 1 saturated carbocycles. The van der Waals surface area contributed by atoms with Crippen LogP contribution >= 0.6 is 0 Å². The molecule has 1 heteroatoms. The minimum Gasteiger partial charge on any atom is -0.334 e. The lowest BCUT2D eigenvalue weighted by Gasteiger charge is -2.52. The molecule has 60 heavy (non-hydrogen) atoms. The molecule has 0 radical (unpaired) electrons. The molecule has 286 valence electrons. The zero-order valence-corrected chi connectivity index (χ0v) is 34.4. The summed E-state index contributed by atoms with van der Waals surface area (Å²) in [6.07, 6.45) is 3.62. The standard InChI is InChI=1S/C59H45N/c1-36-32-33-59(3)58(2,35-36)48-34-40(28-31-49(48)60(59)41-22-11-6-12-23-41)42-29-30-47-53-43(42)24-15-27-46(53)56-51(38-16-7-4-8-17-38)54-44-25-13-20-37-21-14-26-45(50(37)44)55(54)52(57(47)56)39-18-9-5-10-19-39/h4-31,34,36H,32-33,35H2,1-3H3. The molecule has 1 heterocycles. The average molecular weight is 768 g/mol. The lowest BCUT2D eigenvalue weighted by atomic mass is 9.59. The summed E-state index contributed by atoms with van der Waals surface area (Å²) in [5.74, 6) is 0.684. The zero-order valence-electron chi connectivity index (χ0n) is 34.4. The Balaban J connectivity index is 1.15. The van der Waals surface area contributed by atoms with Gasteiger partial charge in [-0.1, -0.05) is 166 Å². The number of hydrogen-bond donors (Lipinski definition) is 0. The Kier molecular flexibility index (Phi) is 6.94. The van der Waals surface area contributed by atoms with E-state index in [9.17, 15) is 0 Å². The van der Waals surface area contributed by atoms with Gasteiger partial charge in [0.05, 0.1) is 5.54 Å². The van der Waals surface area contributed by atoms with Crippen LogP contribution in [0.25, 0.3) is 98.0 Å². The van der Waals surface area contributed by atoms with Crippen molar-refractivity contribution in [1.29, 1.82) is 0 Å². The number of anilines is 2. The summed E-state index contributed by atoms with van der Waals surface area (Å²) >= 11 is 0. The Morgan fingerprint density at radius 3 is 1.62 bits per heavy atom. The van der Waals surface area contributed by atoms with Gasteiger partial charge in [-0.3, -0.25) is 0 Å². The van der Waals surface area contributed by atoms with Crippen molar-refractivity contribution < 1.29 is 0 Å². The smallest absolute Gasteiger partial charge is 0.0518 e. The summed E-state index contributed by atoms with van der Waals surface area (Å²) in [7, 11) is 0. The van der Waals surface area contributed by atoms with Crippen LogP contribution in [-0.4, -0.2) is 5.54 Å². The van der Waals surface area contributed by atoms with Crippen molar-refractivity contribution in [2.75, 3.05) is 4.90 Å². The highest BCUT2D eigenvalue weighted by molar-refractivity contribution is 6.46. The molecule has 13 rings (SSSR count). The minimum atomic E-state index is -0.00347. The van der Waals surface area contributed by atoms with E-state index in [0.717, 1.165) is 0 Å². The van der Waals surface area contributed by atoms with Gasteiger partial charge in [0.15, 0.2) is 0 Å². The number of fused-ring (bicyclic) bond motifs is 9. The molecule has 1 nitrogen and oxygen atoms in total. The lowest BCUT2D eigenvalue weighted by molar-refractivity contribution is 0.154. The van der Waals surface area contributed by atoms with Gasteiger partial charge in [-0.05, 0) is 160 Å². The molecule has 2 aliphatic rings. The maximum Gasteiger partial charge on any atom is 0.0518 e. The largest absolute Gasteiger partial charge is 0.334 e. The molecule has 11 aromatic carbocycles. The highest BCUT2D eigenvalue weighted by Crippen LogP contribution is 2.63. The molecular formula is C59H45N. The van der Waals surface area contributed by atoms with Crippen LogP contribution in [-0.2, 0) is 5.41 Å². The van der Waals surface area contributed by atoms with Crippen LogP contribution in [0.1, 0.15) is 45.6 Å². The number of para-hydroxylation sites is 1. The topological polar surface area (TPSA) is 3.24 Å². The van der Waals surface area contributed by atoms with Crippen LogP contribution in [0.5, 0.6) is 0 Å². The summed E-state index contributed by atoms with van der Waals surface area (Å²) < 4.78 is 0. The van der Waals surface area contributed by atoms with E-state index in [-0.39, 0.29) is 11.0 Å². The molecular weight excluding hydrogens is 723 g/mol. The average Bonchev–Trinajstić information content (AvgIpc) is 3.87. The van der Waals surface area contributed by atoms with Gasteiger partial charge < -0.3 is 4.90 Å². The monoisotopic (exact) mass is 767 g/mol. The molecule has 0 saturated heterocycles. The van der Waals surface area contributed by atoms with E-state index in [4.69, 9.17) is 0 Å². The summed E-state index contributed by atoms with van der Waals surface area (Å²) in [4.78, 5) is 2.69. The molecule has 0 amide bonds. The van der Waals surface area contributed by atoms with Crippen LogP contribution in [0.4, 0.5) is 11.4 Å². The maximum atomic E-state index is 2.69. The summed E-state index contributed by atoms with van der Waals surface area (Å²) in [6, 6.07) is 66.7. The first-order valence-electron chi connectivity index (χ1n) is 21.9. The fourth-order valence-corrected chi connectivity index (χ4v) is 12.6. The molecule has 1 fully saturated rings. The van der Waals surface area contributed by atoms with Crippen LogP contribution in [0.3, 0.4) is 0 Å². The van der Waals surface area contributed by atoms with Crippen molar-refractivity contribution in [3.8, 4) is 33.4 Å². The molecule has 0 aromatic heterocycles. The second kappa shape index (κ2) is 12.2. The Hall–Kier alpha value is -6.70. The third-order valence-corrected chi connectivity index (χ3v) is 15.4. The first-order valence-corrected chi connectivity index (χ1v) is 21.9. The van der Waals surface area contributed by atoms with Gasteiger partial charge in [-0.2, -0.15) is 0 Å². The Labute approximate surface area is 351 Å². The predicted molar refractivity (Wildman–Crippen MR) is 258 cm³/mol. The number of benzene rings is 9. The second-order valence-electron chi connectivity index (χ2n) is 18.4. The van der Waals surface area contributed by atoms with E-state index in [0.29, 0.717) is 5.92 Å². The first-order chi connectivity index (χ1) is 29.4. The third-order valence-electron chi connectivity index (χ3n) is 15.4. The van der Waals surface area contributed by atoms with Crippen LogP contribution in [0.15, 0.2) is 176 Å².